The Morgan fingerprint density at radius 2 is 2.11 bits per heavy atom. The number of fused-ring (bicyclic) bond motifs is 1. The summed E-state index contributed by atoms with van der Waals surface area (Å²) in [6, 6.07) is 7.04. The number of hydrogen-bond acceptors (Lipinski definition) is 8. The molecule has 0 unspecified atom stereocenters. The normalized spacial score (nSPS) is 16.1. The summed E-state index contributed by atoms with van der Waals surface area (Å²) < 4.78 is 20.5. The van der Waals surface area contributed by atoms with E-state index in [1.54, 1.807) is 12.3 Å². The van der Waals surface area contributed by atoms with Gasteiger partial charge in [0.2, 0.25) is 5.89 Å². The van der Waals surface area contributed by atoms with Crippen LogP contribution in [-0.2, 0) is 12.0 Å². The van der Waals surface area contributed by atoms with E-state index in [1.807, 2.05) is 32.9 Å². The lowest BCUT2D eigenvalue weighted by Crippen LogP contribution is -2.23. The first-order chi connectivity index (χ1) is 16.8. The molecule has 1 aliphatic heterocycles. The van der Waals surface area contributed by atoms with Crippen molar-refractivity contribution < 1.29 is 13.6 Å². The molecule has 182 valence electrons. The molecule has 11 heteroatoms. The highest BCUT2D eigenvalue weighted by Crippen LogP contribution is 2.33. The number of hydrogen-bond donors (Lipinski definition) is 4. The number of benzene rings is 1. The Labute approximate surface area is 201 Å². The number of rotatable bonds is 6. The first-order valence-corrected chi connectivity index (χ1v) is 11.5. The first-order valence-electron chi connectivity index (χ1n) is 11.5. The molecule has 1 aromatic carbocycles. The van der Waals surface area contributed by atoms with E-state index in [4.69, 9.17) is 4.42 Å². The van der Waals surface area contributed by atoms with Gasteiger partial charge in [-0.2, -0.15) is 5.10 Å². The number of halogens is 1. The third-order valence-electron chi connectivity index (χ3n) is 5.93. The van der Waals surface area contributed by atoms with Crippen molar-refractivity contribution in [1.82, 2.24) is 36.0 Å². The van der Waals surface area contributed by atoms with Crippen LogP contribution in [0.2, 0.25) is 0 Å². The molecule has 1 aliphatic rings. The molecule has 0 radical (unpaired) electrons. The van der Waals surface area contributed by atoms with E-state index < -0.39 is 11.7 Å². The number of anilines is 1. The van der Waals surface area contributed by atoms with Crippen LogP contribution in [0.25, 0.3) is 22.2 Å². The van der Waals surface area contributed by atoms with Crippen LogP contribution < -0.4 is 16.0 Å². The quantitative estimate of drug-likeness (QED) is 0.332. The monoisotopic (exact) mass is 478 g/mol. The van der Waals surface area contributed by atoms with Crippen molar-refractivity contribution in [1.29, 1.82) is 0 Å². The maximum absolute atomic E-state index is 15.0. The van der Waals surface area contributed by atoms with Crippen molar-refractivity contribution in [3.05, 3.63) is 53.6 Å². The topological polar surface area (TPSA) is 134 Å². The van der Waals surface area contributed by atoms with Crippen molar-refractivity contribution in [2.45, 2.75) is 45.2 Å². The van der Waals surface area contributed by atoms with Gasteiger partial charge in [-0.3, -0.25) is 9.89 Å². The molecule has 4 N–H and O–H groups in total. The van der Waals surface area contributed by atoms with E-state index in [2.05, 4.69) is 41.3 Å². The van der Waals surface area contributed by atoms with Gasteiger partial charge in [0.05, 0.1) is 5.39 Å². The van der Waals surface area contributed by atoms with Gasteiger partial charge < -0.3 is 20.4 Å². The van der Waals surface area contributed by atoms with E-state index in [9.17, 15) is 4.79 Å². The SMILES string of the molecule is CC(C)(C)c1nnc(C(=O)NCc2ccc(-c3ccnc4[nH]nc(N[C@@H]5CCNC5)c34)cc2F)o1. The van der Waals surface area contributed by atoms with Gasteiger partial charge >= 0.3 is 11.8 Å². The molecule has 0 bridgehead atoms. The maximum Gasteiger partial charge on any atom is 0.309 e. The van der Waals surface area contributed by atoms with Crippen LogP contribution in [0.4, 0.5) is 10.2 Å². The second-order valence-corrected chi connectivity index (χ2v) is 9.64. The molecule has 1 fully saturated rings. The summed E-state index contributed by atoms with van der Waals surface area (Å²) in [5.41, 5.74) is 2.09. The summed E-state index contributed by atoms with van der Waals surface area (Å²) in [5.74, 6) is -0.0834. The summed E-state index contributed by atoms with van der Waals surface area (Å²) >= 11 is 0. The Hall–Kier alpha value is -3.86. The van der Waals surface area contributed by atoms with Crippen molar-refractivity contribution in [3.63, 3.8) is 0 Å². The minimum absolute atomic E-state index is 0.0167. The molecule has 1 atom stereocenters. The number of nitrogens with one attached hydrogen (secondary N) is 4. The van der Waals surface area contributed by atoms with Crippen molar-refractivity contribution in [2.24, 2.45) is 0 Å². The van der Waals surface area contributed by atoms with E-state index in [-0.39, 0.29) is 23.9 Å². The largest absolute Gasteiger partial charge is 0.416 e. The predicted molar refractivity (Wildman–Crippen MR) is 128 cm³/mol. The highest BCUT2D eigenvalue weighted by Gasteiger charge is 2.24. The fourth-order valence-electron chi connectivity index (χ4n) is 3.99. The zero-order chi connectivity index (χ0) is 24.6. The van der Waals surface area contributed by atoms with Crippen LogP contribution in [0, 0.1) is 5.82 Å². The third-order valence-corrected chi connectivity index (χ3v) is 5.93. The lowest BCUT2D eigenvalue weighted by molar-refractivity contribution is 0.0912. The van der Waals surface area contributed by atoms with Crippen LogP contribution in [-0.4, -0.2) is 50.4 Å². The van der Waals surface area contributed by atoms with Gasteiger partial charge in [-0.05, 0) is 36.2 Å². The molecule has 35 heavy (non-hydrogen) atoms. The number of amides is 1. The molecule has 5 rings (SSSR count). The zero-order valence-corrected chi connectivity index (χ0v) is 19.8. The van der Waals surface area contributed by atoms with Crippen LogP contribution >= 0.6 is 0 Å². The van der Waals surface area contributed by atoms with E-state index in [0.29, 0.717) is 28.5 Å². The van der Waals surface area contributed by atoms with Gasteiger partial charge in [0, 0.05) is 36.3 Å². The lowest BCUT2D eigenvalue weighted by atomic mass is 9.97. The number of nitrogens with zero attached hydrogens (tertiary/aromatic N) is 4. The molecule has 4 heterocycles. The van der Waals surface area contributed by atoms with Crippen LogP contribution in [0.5, 0.6) is 0 Å². The summed E-state index contributed by atoms with van der Waals surface area (Å²) in [5, 5.41) is 25.3. The predicted octanol–water partition coefficient (Wildman–Crippen LogP) is 3.15. The fourth-order valence-corrected chi connectivity index (χ4v) is 3.99. The molecular weight excluding hydrogens is 451 g/mol. The minimum atomic E-state index is -0.553. The number of aromatic amines is 1. The number of carbonyl (C=O) groups is 1. The minimum Gasteiger partial charge on any atom is -0.416 e. The van der Waals surface area contributed by atoms with Crippen LogP contribution in [0.3, 0.4) is 0 Å². The van der Waals surface area contributed by atoms with E-state index in [0.717, 1.165) is 30.5 Å². The van der Waals surface area contributed by atoms with Gasteiger partial charge in [-0.15, -0.1) is 10.2 Å². The summed E-state index contributed by atoms with van der Waals surface area (Å²) in [4.78, 5) is 16.8. The molecule has 3 aromatic heterocycles. The van der Waals surface area contributed by atoms with E-state index in [1.165, 1.54) is 6.07 Å². The molecule has 0 spiro atoms. The number of pyridine rings is 1. The Morgan fingerprint density at radius 3 is 2.83 bits per heavy atom. The maximum atomic E-state index is 15.0. The molecule has 10 nitrogen and oxygen atoms in total. The summed E-state index contributed by atoms with van der Waals surface area (Å²) in [6.07, 6.45) is 2.67. The number of H-pyrrole nitrogens is 1. The number of carbonyl (C=O) groups excluding carboxylic acids is 1. The zero-order valence-electron chi connectivity index (χ0n) is 19.8. The van der Waals surface area contributed by atoms with Crippen LogP contribution in [0.1, 0.15) is 49.3 Å². The second-order valence-electron chi connectivity index (χ2n) is 9.64. The van der Waals surface area contributed by atoms with Gasteiger partial charge in [0.1, 0.15) is 5.82 Å². The van der Waals surface area contributed by atoms with Crippen molar-refractivity contribution in [3.8, 4) is 11.1 Å². The number of aromatic nitrogens is 5. The Bertz CT molecular complexity index is 1370. The smallest absolute Gasteiger partial charge is 0.309 e. The molecule has 1 saturated heterocycles. The molecular formula is C24H27FN8O2. The lowest BCUT2D eigenvalue weighted by Gasteiger charge is -2.12. The van der Waals surface area contributed by atoms with Crippen molar-refractivity contribution in [2.75, 3.05) is 18.4 Å². The molecule has 4 aromatic rings. The standard InChI is InChI=1S/C24H27FN8O2/c1-24(2,3)23-33-32-22(35-23)21(34)28-11-14-5-4-13(10-17(14)25)16-7-9-27-19-18(16)20(31-30-19)29-15-6-8-26-12-15/h4-5,7,9-10,15,26H,6,8,11-12H2,1-3H3,(H,28,34)(H2,27,29,30,31)/t15-/m1/s1. The van der Waals surface area contributed by atoms with Gasteiger partial charge in [-0.1, -0.05) is 32.9 Å². The first kappa shape index (κ1) is 22.9. The second kappa shape index (κ2) is 9.06. The highest BCUT2D eigenvalue weighted by molar-refractivity contribution is 6.00. The molecule has 1 amide bonds. The average molecular weight is 479 g/mol. The fraction of sp³-hybridized carbons (Fsp3) is 0.375. The van der Waals surface area contributed by atoms with Gasteiger partial charge in [0.25, 0.3) is 0 Å². The Balaban J connectivity index is 1.34. The Morgan fingerprint density at radius 1 is 1.26 bits per heavy atom. The average Bonchev–Trinajstić information content (AvgIpc) is 3.59. The van der Waals surface area contributed by atoms with E-state index >= 15 is 4.39 Å². The van der Waals surface area contributed by atoms with Crippen LogP contribution in [0.15, 0.2) is 34.9 Å². The van der Waals surface area contributed by atoms with Gasteiger partial charge in [0.15, 0.2) is 11.5 Å². The highest BCUT2D eigenvalue weighted by atomic mass is 19.1. The van der Waals surface area contributed by atoms with Gasteiger partial charge in [-0.25, -0.2) is 9.37 Å². The van der Waals surface area contributed by atoms with Crippen molar-refractivity contribution >= 4 is 22.8 Å². The third kappa shape index (κ3) is 4.72. The summed E-state index contributed by atoms with van der Waals surface area (Å²) in [7, 11) is 0. The summed E-state index contributed by atoms with van der Waals surface area (Å²) in [6.45, 7) is 7.52. The molecule has 0 saturated carbocycles. The molecule has 0 aliphatic carbocycles. The Kier molecular flexibility index (Phi) is 5.93.